The molecule has 1 heterocycles. The number of carbonyl (C=O) groups is 1. The maximum Gasteiger partial charge on any atom is 0.227 e. The van der Waals surface area contributed by atoms with E-state index in [1.54, 1.807) is 7.05 Å². The Morgan fingerprint density at radius 2 is 1.83 bits per heavy atom. The zero-order valence-electron chi connectivity index (χ0n) is 17.9. The fraction of sp³-hybridized carbons (Fsp3) is 0.636. The number of anilines is 1. The number of carbonyl (C=O) groups excluding carboxylic acids is 1. The van der Waals surface area contributed by atoms with Gasteiger partial charge >= 0.3 is 0 Å². The second-order valence-corrected chi connectivity index (χ2v) is 7.03. The Morgan fingerprint density at radius 3 is 2.62 bits per heavy atom. The molecule has 0 bridgehead atoms. The van der Waals surface area contributed by atoms with Gasteiger partial charge in [0.25, 0.3) is 0 Å². The second-order valence-electron chi connectivity index (χ2n) is 7.03. The summed E-state index contributed by atoms with van der Waals surface area (Å²) in [7, 11) is 1.74. The SMILES string of the molecule is CCCCOCCOCCNC(=NC)NCCCC(=O)N1CCc2ccccc21. The van der Waals surface area contributed by atoms with Crippen molar-refractivity contribution in [3.05, 3.63) is 29.8 Å². The fourth-order valence-corrected chi connectivity index (χ4v) is 3.21. The summed E-state index contributed by atoms with van der Waals surface area (Å²) in [6.07, 6.45) is 4.49. The topological polar surface area (TPSA) is 75.2 Å². The number of unbranched alkanes of at least 4 members (excludes halogenated alkanes) is 1. The van der Waals surface area contributed by atoms with E-state index >= 15 is 0 Å². The van der Waals surface area contributed by atoms with Gasteiger partial charge in [0.05, 0.1) is 19.8 Å². The van der Waals surface area contributed by atoms with Crippen LogP contribution in [0, 0.1) is 0 Å². The van der Waals surface area contributed by atoms with Gasteiger partial charge in [-0.05, 0) is 30.9 Å². The summed E-state index contributed by atoms with van der Waals surface area (Å²) in [5.74, 6) is 0.918. The highest BCUT2D eigenvalue weighted by Crippen LogP contribution is 2.27. The molecule has 0 atom stereocenters. The maximum atomic E-state index is 12.5. The van der Waals surface area contributed by atoms with E-state index in [-0.39, 0.29) is 5.91 Å². The van der Waals surface area contributed by atoms with Crippen molar-refractivity contribution in [2.75, 3.05) is 58.0 Å². The average molecular weight is 405 g/mol. The summed E-state index contributed by atoms with van der Waals surface area (Å²) < 4.78 is 11.0. The van der Waals surface area contributed by atoms with Gasteiger partial charge in [0.2, 0.25) is 5.91 Å². The first-order valence-electron chi connectivity index (χ1n) is 10.7. The van der Waals surface area contributed by atoms with Crippen LogP contribution < -0.4 is 15.5 Å². The third kappa shape index (κ3) is 8.41. The van der Waals surface area contributed by atoms with Crippen LogP contribution in [0.15, 0.2) is 29.3 Å². The van der Waals surface area contributed by atoms with Crippen LogP contribution in [0.25, 0.3) is 0 Å². The van der Waals surface area contributed by atoms with E-state index in [9.17, 15) is 4.79 Å². The molecule has 0 fully saturated rings. The van der Waals surface area contributed by atoms with Crippen molar-refractivity contribution in [2.45, 2.75) is 39.0 Å². The van der Waals surface area contributed by atoms with Crippen molar-refractivity contribution in [3.8, 4) is 0 Å². The number of benzene rings is 1. The van der Waals surface area contributed by atoms with Crippen molar-refractivity contribution >= 4 is 17.6 Å². The van der Waals surface area contributed by atoms with Gasteiger partial charge < -0.3 is 25.0 Å². The molecule has 0 spiro atoms. The lowest BCUT2D eigenvalue weighted by atomic mass is 10.2. The van der Waals surface area contributed by atoms with Gasteiger partial charge in [0.15, 0.2) is 5.96 Å². The van der Waals surface area contributed by atoms with Crippen LogP contribution in [0.5, 0.6) is 0 Å². The summed E-state index contributed by atoms with van der Waals surface area (Å²) >= 11 is 0. The number of aliphatic imine (C=N–C) groups is 1. The number of amides is 1. The number of hydrogen-bond acceptors (Lipinski definition) is 4. The molecule has 0 saturated carbocycles. The molecule has 29 heavy (non-hydrogen) atoms. The van der Waals surface area contributed by atoms with E-state index in [4.69, 9.17) is 9.47 Å². The Labute approximate surface area is 174 Å². The minimum Gasteiger partial charge on any atom is -0.379 e. The molecule has 1 aromatic carbocycles. The molecule has 0 saturated heterocycles. The van der Waals surface area contributed by atoms with Gasteiger partial charge in [0.1, 0.15) is 0 Å². The Hall–Kier alpha value is -2.12. The summed E-state index contributed by atoms with van der Waals surface area (Å²) in [4.78, 5) is 18.6. The standard InChI is InChI=1S/C22H36N4O3/c1-3-4-15-28-17-18-29-16-13-25-22(23-2)24-12-7-10-21(27)26-14-11-19-8-5-6-9-20(19)26/h5-6,8-9H,3-4,7,10-18H2,1-2H3,(H2,23,24,25). The highest BCUT2D eigenvalue weighted by atomic mass is 16.5. The molecule has 1 aliphatic rings. The molecule has 7 nitrogen and oxygen atoms in total. The fourth-order valence-electron chi connectivity index (χ4n) is 3.21. The predicted octanol–water partition coefficient (Wildman–Crippen LogP) is 2.35. The van der Waals surface area contributed by atoms with Crippen molar-refractivity contribution in [1.82, 2.24) is 10.6 Å². The third-order valence-corrected chi connectivity index (χ3v) is 4.82. The van der Waals surface area contributed by atoms with Crippen molar-refractivity contribution in [2.24, 2.45) is 4.99 Å². The number of ether oxygens (including phenoxy) is 2. The lowest BCUT2D eigenvalue weighted by Gasteiger charge is -2.17. The van der Waals surface area contributed by atoms with Crippen molar-refractivity contribution in [1.29, 1.82) is 0 Å². The molecule has 0 radical (unpaired) electrons. The number of nitrogens with one attached hydrogen (secondary N) is 2. The molecule has 7 heteroatoms. The first kappa shape index (κ1) is 23.2. The largest absolute Gasteiger partial charge is 0.379 e. The summed E-state index contributed by atoms with van der Waals surface area (Å²) in [5.41, 5.74) is 2.33. The van der Waals surface area contributed by atoms with Crippen LogP contribution in [0.3, 0.4) is 0 Å². The first-order valence-corrected chi connectivity index (χ1v) is 10.7. The summed E-state index contributed by atoms with van der Waals surface area (Å²) in [6.45, 7) is 6.98. The Balaban J connectivity index is 1.51. The first-order chi connectivity index (χ1) is 14.3. The number of fused-ring (bicyclic) bond motifs is 1. The van der Waals surface area contributed by atoms with Crippen LogP contribution in [-0.4, -0.2) is 65.0 Å². The van der Waals surface area contributed by atoms with E-state index in [1.807, 2.05) is 23.1 Å². The molecule has 1 aliphatic heterocycles. The molecule has 2 rings (SSSR count). The summed E-state index contributed by atoms with van der Waals surface area (Å²) in [5, 5.41) is 6.46. The van der Waals surface area contributed by atoms with E-state index in [0.29, 0.717) is 39.3 Å². The maximum absolute atomic E-state index is 12.5. The monoisotopic (exact) mass is 404 g/mol. The van der Waals surface area contributed by atoms with Gasteiger partial charge in [-0.15, -0.1) is 0 Å². The Morgan fingerprint density at radius 1 is 1.07 bits per heavy atom. The zero-order valence-corrected chi connectivity index (χ0v) is 17.9. The highest BCUT2D eigenvalue weighted by Gasteiger charge is 2.23. The van der Waals surface area contributed by atoms with Gasteiger partial charge in [-0.3, -0.25) is 9.79 Å². The number of hydrogen-bond donors (Lipinski definition) is 2. The van der Waals surface area contributed by atoms with Crippen molar-refractivity contribution < 1.29 is 14.3 Å². The number of rotatable bonds is 13. The number of guanidine groups is 1. The Bertz CT molecular complexity index is 636. The molecule has 1 amide bonds. The van der Waals surface area contributed by atoms with Crippen LogP contribution in [0.4, 0.5) is 5.69 Å². The quantitative estimate of drug-likeness (QED) is 0.300. The lowest BCUT2D eigenvalue weighted by molar-refractivity contribution is -0.118. The molecule has 1 aromatic rings. The Kier molecular flexibility index (Phi) is 11.1. The van der Waals surface area contributed by atoms with E-state index in [2.05, 4.69) is 28.6 Å². The van der Waals surface area contributed by atoms with E-state index in [1.165, 1.54) is 5.56 Å². The molecular weight excluding hydrogens is 368 g/mol. The highest BCUT2D eigenvalue weighted by molar-refractivity contribution is 5.95. The normalized spacial score (nSPS) is 13.4. The molecule has 162 valence electrons. The molecule has 0 aromatic heterocycles. The van der Waals surface area contributed by atoms with Gasteiger partial charge in [-0.1, -0.05) is 31.5 Å². The number of para-hydroxylation sites is 1. The van der Waals surface area contributed by atoms with Gasteiger partial charge in [-0.25, -0.2) is 0 Å². The minimum absolute atomic E-state index is 0.189. The van der Waals surface area contributed by atoms with Gasteiger partial charge in [-0.2, -0.15) is 0 Å². The molecule has 2 N–H and O–H groups in total. The molecule has 0 aliphatic carbocycles. The molecule has 0 unspecified atom stereocenters. The van der Waals surface area contributed by atoms with Crippen LogP contribution in [-0.2, 0) is 20.7 Å². The minimum atomic E-state index is 0.189. The number of nitrogens with zero attached hydrogens (tertiary/aromatic N) is 2. The molecular formula is C22H36N4O3. The van der Waals surface area contributed by atoms with Crippen molar-refractivity contribution in [3.63, 3.8) is 0 Å². The van der Waals surface area contributed by atoms with Crippen LogP contribution in [0.1, 0.15) is 38.2 Å². The van der Waals surface area contributed by atoms with Crippen LogP contribution in [0.2, 0.25) is 0 Å². The smallest absolute Gasteiger partial charge is 0.227 e. The lowest BCUT2D eigenvalue weighted by Crippen LogP contribution is -2.39. The van der Waals surface area contributed by atoms with Gasteiger partial charge in [0, 0.05) is 45.4 Å². The summed E-state index contributed by atoms with van der Waals surface area (Å²) in [6, 6.07) is 8.15. The van der Waals surface area contributed by atoms with Crippen LogP contribution >= 0.6 is 0 Å². The van der Waals surface area contributed by atoms with E-state index in [0.717, 1.165) is 50.5 Å². The predicted molar refractivity (Wildman–Crippen MR) is 118 cm³/mol. The van der Waals surface area contributed by atoms with E-state index < -0.39 is 0 Å². The third-order valence-electron chi connectivity index (χ3n) is 4.82. The average Bonchev–Trinajstić information content (AvgIpc) is 3.18. The zero-order chi connectivity index (χ0) is 20.7. The second kappa shape index (κ2) is 14.0.